The number of amides is 3. The average Bonchev–Trinajstić information content (AvgIpc) is 3.21. The Morgan fingerprint density at radius 3 is 2.07 bits per heavy atom. The first-order valence-electron chi connectivity index (χ1n) is 15.8. The van der Waals surface area contributed by atoms with Gasteiger partial charge in [-0.25, -0.2) is 9.59 Å². The number of likely N-dealkylation sites (tertiary alicyclic amines) is 1. The minimum atomic E-state index is -0.888. The van der Waals surface area contributed by atoms with Crippen LogP contribution in [-0.2, 0) is 20.7 Å². The number of carbonyl (C=O) groups is 3. The third kappa shape index (κ3) is 11.9. The van der Waals surface area contributed by atoms with Gasteiger partial charge in [-0.15, -0.1) is 0 Å². The number of hydrogen-bond donors (Lipinski definition) is 2. The van der Waals surface area contributed by atoms with Gasteiger partial charge in [0.05, 0.1) is 6.61 Å². The van der Waals surface area contributed by atoms with Crippen molar-refractivity contribution in [3.05, 3.63) is 29.8 Å². The summed E-state index contributed by atoms with van der Waals surface area (Å²) in [6.45, 7) is 11.6. The molecule has 1 heterocycles. The zero-order valence-corrected chi connectivity index (χ0v) is 26.0. The molecule has 3 rings (SSSR count). The van der Waals surface area contributed by atoms with Crippen LogP contribution in [0.2, 0.25) is 0 Å². The maximum absolute atomic E-state index is 13.6. The van der Waals surface area contributed by atoms with Crippen molar-refractivity contribution in [2.45, 2.75) is 123 Å². The van der Waals surface area contributed by atoms with Crippen LogP contribution < -0.4 is 15.4 Å². The van der Waals surface area contributed by atoms with E-state index in [1.165, 1.54) is 32.1 Å². The lowest BCUT2D eigenvalue weighted by atomic mass is 9.90. The van der Waals surface area contributed by atoms with Crippen LogP contribution >= 0.6 is 0 Å². The van der Waals surface area contributed by atoms with E-state index in [1.807, 2.05) is 58.9 Å². The van der Waals surface area contributed by atoms with Gasteiger partial charge in [0.2, 0.25) is 5.91 Å². The molecule has 1 aromatic carbocycles. The summed E-state index contributed by atoms with van der Waals surface area (Å²) in [6.07, 6.45) is 11.3. The predicted molar refractivity (Wildman–Crippen MR) is 162 cm³/mol. The van der Waals surface area contributed by atoms with Gasteiger partial charge < -0.3 is 25.0 Å². The van der Waals surface area contributed by atoms with Crippen molar-refractivity contribution in [3.8, 4) is 5.75 Å². The van der Waals surface area contributed by atoms with Gasteiger partial charge in [0.15, 0.2) is 0 Å². The van der Waals surface area contributed by atoms with Crippen LogP contribution in [0.4, 0.5) is 4.79 Å². The highest BCUT2D eigenvalue weighted by molar-refractivity contribution is 5.90. The molecule has 0 bridgehead atoms. The Morgan fingerprint density at radius 1 is 0.878 bits per heavy atom. The van der Waals surface area contributed by atoms with Gasteiger partial charge in [0.1, 0.15) is 23.4 Å². The van der Waals surface area contributed by atoms with Gasteiger partial charge in [-0.3, -0.25) is 4.79 Å². The van der Waals surface area contributed by atoms with Crippen molar-refractivity contribution < 1.29 is 23.9 Å². The van der Waals surface area contributed by atoms with E-state index in [1.54, 1.807) is 4.90 Å². The number of carbonyl (C=O) groups excluding carboxylic acids is 3. The number of esters is 1. The fourth-order valence-corrected chi connectivity index (χ4v) is 5.58. The quantitative estimate of drug-likeness (QED) is 0.317. The summed E-state index contributed by atoms with van der Waals surface area (Å²) in [5.41, 5.74) is 0.190. The number of nitrogens with one attached hydrogen (secondary N) is 2. The van der Waals surface area contributed by atoms with E-state index in [0.717, 1.165) is 43.6 Å². The molecule has 0 radical (unpaired) electrons. The van der Waals surface area contributed by atoms with Gasteiger partial charge in [-0.1, -0.05) is 58.1 Å². The second-order valence-corrected chi connectivity index (χ2v) is 13.3. The van der Waals surface area contributed by atoms with Crippen LogP contribution in [0.5, 0.6) is 5.75 Å². The monoisotopic (exact) mass is 571 g/mol. The zero-order valence-electron chi connectivity index (χ0n) is 26.0. The van der Waals surface area contributed by atoms with Crippen LogP contribution in [-0.4, -0.2) is 60.2 Å². The number of nitrogens with zero attached hydrogens (tertiary/aromatic N) is 1. The summed E-state index contributed by atoms with van der Waals surface area (Å²) in [5.74, 6) is 0.742. The molecule has 2 atom stereocenters. The van der Waals surface area contributed by atoms with E-state index in [4.69, 9.17) is 9.47 Å². The molecular weight excluding hydrogens is 518 g/mol. The van der Waals surface area contributed by atoms with Gasteiger partial charge in [-0.05, 0) is 82.4 Å². The van der Waals surface area contributed by atoms with Crippen LogP contribution in [0.15, 0.2) is 24.3 Å². The highest BCUT2D eigenvalue weighted by Crippen LogP contribution is 2.25. The predicted octanol–water partition coefficient (Wildman–Crippen LogP) is 6.02. The van der Waals surface area contributed by atoms with Gasteiger partial charge in [0.25, 0.3) is 0 Å². The highest BCUT2D eigenvalue weighted by atomic mass is 16.6. The third-order valence-electron chi connectivity index (χ3n) is 7.80. The second kappa shape index (κ2) is 16.0. The van der Waals surface area contributed by atoms with E-state index in [2.05, 4.69) is 10.6 Å². The molecule has 41 heavy (non-hydrogen) atoms. The minimum absolute atomic E-state index is 0.177. The summed E-state index contributed by atoms with van der Waals surface area (Å²) in [5, 5.41) is 5.88. The Hall–Kier alpha value is -2.77. The van der Waals surface area contributed by atoms with E-state index >= 15 is 0 Å². The van der Waals surface area contributed by atoms with Crippen LogP contribution in [0.25, 0.3) is 0 Å². The molecule has 8 heteroatoms. The molecule has 0 spiro atoms. The number of ether oxygens (including phenoxy) is 2. The Bertz CT molecular complexity index is 958. The molecule has 1 aliphatic heterocycles. The fourth-order valence-electron chi connectivity index (χ4n) is 5.58. The molecule has 1 saturated carbocycles. The Balaban J connectivity index is 1.67. The number of urea groups is 1. The first kappa shape index (κ1) is 32.7. The van der Waals surface area contributed by atoms with Crippen molar-refractivity contribution in [1.29, 1.82) is 0 Å². The Kier molecular flexibility index (Phi) is 12.8. The molecule has 2 fully saturated rings. The number of hydrogen-bond acceptors (Lipinski definition) is 5. The molecular formula is C33H53N3O5. The summed E-state index contributed by atoms with van der Waals surface area (Å²) in [7, 11) is 0. The number of benzene rings is 1. The molecule has 2 unspecified atom stereocenters. The molecule has 1 saturated heterocycles. The topological polar surface area (TPSA) is 97.0 Å². The summed E-state index contributed by atoms with van der Waals surface area (Å²) < 4.78 is 11.7. The van der Waals surface area contributed by atoms with E-state index < -0.39 is 23.7 Å². The minimum Gasteiger partial charge on any atom is -0.493 e. The van der Waals surface area contributed by atoms with E-state index in [0.29, 0.717) is 25.4 Å². The third-order valence-corrected chi connectivity index (χ3v) is 7.80. The van der Waals surface area contributed by atoms with Gasteiger partial charge in [0, 0.05) is 19.5 Å². The second-order valence-electron chi connectivity index (χ2n) is 13.3. The van der Waals surface area contributed by atoms with E-state index in [9.17, 15) is 14.4 Å². The first-order chi connectivity index (χ1) is 19.5. The average molecular weight is 572 g/mol. The zero-order chi connectivity index (χ0) is 29.8. The fraction of sp³-hybridized carbons (Fsp3) is 0.727. The lowest BCUT2D eigenvalue weighted by Gasteiger charge is -2.28. The van der Waals surface area contributed by atoms with Crippen molar-refractivity contribution in [2.24, 2.45) is 11.8 Å². The first-order valence-corrected chi connectivity index (χ1v) is 15.8. The SMILES string of the molecule is CC(C)CC(NC(=O)N1CCCCCC1)C(=O)NC(Cc1ccc(OCC2CCCCC2)cc1)C(=O)OC(C)(C)C. The Morgan fingerprint density at radius 2 is 1.49 bits per heavy atom. The molecule has 230 valence electrons. The maximum atomic E-state index is 13.6. The molecule has 1 aromatic rings. The summed E-state index contributed by atoms with van der Waals surface area (Å²) in [4.78, 5) is 41.7. The standard InChI is InChI=1S/C33H53N3O5/c1-24(2)21-28(35-32(39)36-19-11-6-7-12-20-36)30(37)34-29(31(38)41-33(3,4)5)22-25-15-17-27(18-16-25)40-23-26-13-9-8-10-14-26/h15-18,24,26,28-29H,6-14,19-23H2,1-5H3,(H,34,37)(H,35,39). The largest absolute Gasteiger partial charge is 0.493 e. The molecule has 8 nitrogen and oxygen atoms in total. The van der Waals surface area contributed by atoms with Crippen molar-refractivity contribution >= 4 is 17.9 Å². The van der Waals surface area contributed by atoms with Gasteiger partial charge >= 0.3 is 12.0 Å². The van der Waals surface area contributed by atoms with Crippen molar-refractivity contribution in [3.63, 3.8) is 0 Å². The highest BCUT2D eigenvalue weighted by Gasteiger charge is 2.31. The summed E-state index contributed by atoms with van der Waals surface area (Å²) in [6, 6.07) is 5.88. The summed E-state index contributed by atoms with van der Waals surface area (Å²) >= 11 is 0. The van der Waals surface area contributed by atoms with Crippen molar-refractivity contribution in [1.82, 2.24) is 15.5 Å². The number of rotatable bonds is 11. The van der Waals surface area contributed by atoms with Crippen LogP contribution in [0.1, 0.15) is 104 Å². The lowest BCUT2D eigenvalue weighted by molar-refractivity contribution is -0.158. The smallest absolute Gasteiger partial charge is 0.329 e. The molecule has 1 aliphatic carbocycles. The molecule has 0 aromatic heterocycles. The van der Waals surface area contributed by atoms with Gasteiger partial charge in [-0.2, -0.15) is 0 Å². The van der Waals surface area contributed by atoms with E-state index in [-0.39, 0.29) is 24.3 Å². The maximum Gasteiger partial charge on any atom is 0.329 e. The van der Waals surface area contributed by atoms with Crippen molar-refractivity contribution in [2.75, 3.05) is 19.7 Å². The molecule has 2 aliphatic rings. The normalized spacial score (nSPS) is 18.2. The Labute approximate surface area is 247 Å². The molecule has 2 N–H and O–H groups in total. The van der Waals surface area contributed by atoms with Crippen LogP contribution in [0, 0.1) is 11.8 Å². The molecule has 3 amide bonds. The lowest BCUT2D eigenvalue weighted by Crippen LogP contribution is -2.55. The van der Waals surface area contributed by atoms with Crippen LogP contribution in [0.3, 0.4) is 0 Å².